The number of halogens is 1. The summed E-state index contributed by atoms with van der Waals surface area (Å²) >= 11 is 0. The van der Waals surface area contributed by atoms with Crippen molar-refractivity contribution in [2.24, 2.45) is 0 Å². The Morgan fingerprint density at radius 3 is 2.21 bits per heavy atom. The molecule has 2 amide bonds. The zero-order valence-electron chi connectivity index (χ0n) is 14.7. The van der Waals surface area contributed by atoms with Gasteiger partial charge in [-0.2, -0.15) is 0 Å². The van der Waals surface area contributed by atoms with E-state index in [0.29, 0.717) is 6.54 Å². The van der Waals surface area contributed by atoms with Crippen molar-refractivity contribution >= 4 is 6.03 Å². The van der Waals surface area contributed by atoms with Gasteiger partial charge in [0, 0.05) is 12.6 Å². The van der Waals surface area contributed by atoms with Crippen LogP contribution in [0.25, 0.3) is 0 Å². The molecule has 0 bridgehead atoms. The van der Waals surface area contributed by atoms with E-state index in [0.717, 1.165) is 11.1 Å². The van der Waals surface area contributed by atoms with Gasteiger partial charge in [-0.25, -0.2) is 9.18 Å². The Bertz CT molecular complexity index is 666. The molecule has 2 rings (SSSR count). The van der Waals surface area contributed by atoms with Gasteiger partial charge in [0.05, 0.1) is 5.54 Å². The largest absolute Gasteiger partial charge is 0.329 e. The molecule has 24 heavy (non-hydrogen) atoms. The van der Waals surface area contributed by atoms with Gasteiger partial charge < -0.3 is 10.2 Å². The van der Waals surface area contributed by atoms with Crippen LogP contribution in [-0.2, 0) is 12.1 Å². The number of nitrogens with one attached hydrogen (secondary N) is 1. The average molecular weight is 328 g/mol. The zero-order chi connectivity index (χ0) is 17.7. The lowest BCUT2D eigenvalue weighted by molar-refractivity contribution is 0.169. The smallest absolute Gasteiger partial charge is 0.318 e. The minimum absolute atomic E-state index is 0.0641. The van der Waals surface area contributed by atoms with Gasteiger partial charge in [0.15, 0.2) is 0 Å². The van der Waals surface area contributed by atoms with Gasteiger partial charge in [0.25, 0.3) is 0 Å². The van der Waals surface area contributed by atoms with Crippen LogP contribution in [0.3, 0.4) is 0 Å². The van der Waals surface area contributed by atoms with Crippen LogP contribution in [0.1, 0.15) is 38.8 Å². The van der Waals surface area contributed by atoms with Gasteiger partial charge >= 0.3 is 6.03 Å². The van der Waals surface area contributed by atoms with Crippen LogP contribution < -0.4 is 5.32 Å². The van der Waals surface area contributed by atoms with Crippen LogP contribution in [0.4, 0.5) is 9.18 Å². The molecule has 128 valence electrons. The molecule has 0 radical (unpaired) electrons. The highest BCUT2D eigenvalue weighted by atomic mass is 19.1. The van der Waals surface area contributed by atoms with Gasteiger partial charge in [-0.05, 0) is 51.0 Å². The maximum Gasteiger partial charge on any atom is 0.318 e. The molecule has 0 aliphatic carbocycles. The molecule has 0 saturated carbocycles. The Hall–Kier alpha value is -2.36. The number of carbonyl (C=O) groups excluding carboxylic acids is 1. The summed E-state index contributed by atoms with van der Waals surface area (Å²) in [4.78, 5) is 14.6. The van der Waals surface area contributed by atoms with Crippen LogP contribution >= 0.6 is 0 Å². The molecule has 0 atom stereocenters. The second-order valence-corrected chi connectivity index (χ2v) is 6.77. The SMILES string of the molecule is CC(C)N(Cc1ccccc1)C(=O)NC(C)(C)c1ccc(F)cc1. The molecule has 0 fully saturated rings. The highest BCUT2D eigenvalue weighted by Crippen LogP contribution is 2.21. The topological polar surface area (TPSA) is 32.3 Å². The van der Waals surface area contributed by atoms with E-state index >= 15 is 0 Å². The molecule has 0 saturated heterocycles. The molecule has 0 heterocycles. The molecule has 0 aliphatic rings. The van der Waals surface area contributed by atoms with Gasteiger partial charge in [-0.15, -0.1) is 0 Å². The first-order chi connectivity index (χ1) is 11.3. The van der Waals surface area contributed by atoms with Crippen LogP contribution in [0.2, 0.25) is 0 Å². The van der Waals surface area contributed by atoms with Gasteiger partial charge in [0.1, 0.15) is 5.82 Å². The first-order valence-corrected chi connectivity index (χ1v) is 8.18. The number of rotatable bonds is 5. The van der Waals surface area contributed by atoms with Crippen molar-refractivity contribution in [1.82, 2.24) is 10.2 Å². The van der Waals surface area contributed by atoms with E-state index in [1.807, 2.05) is 58.0 Å². The minimum atomic E-state index is -0.589. The van der Waals surface area contributed by atoms with E-state index < -0.39 is 5.54 Å². The van der Waals surface area contributed by atoms with Crippen molar-refractivity contribution in [3.63, 3.8) is 0 Å². The van der Waals surface area contributed by atoms with E-state index in [1.54, 1.807) is 17.0 Å². The van der Waals surface area contributed by atoms with E-state index in [4.69, 9.17) is 0 Å². The van der Waals surface area contributed by atoms with Crippen molar-refractivity contribution in [2.75, 3.05) is 0 Å². The predicted molar refractivity (Wildman–Crippen MR) is 95.1 cm³/mol. The van der Waals surface area contributed by atoms with Crippen molar-refractivity contribution in [1.29, 1.82) is 0 Å². The number of amides is 2. The summed E-state index contributed by atoms with van der Waals surface area (Å²) in [6, 6.07) is 16.1. The maximum absolute atomic E-state index is 13.1. The maximum atomic E-state index is 13.1. The molecule has 2 aromatic rings. The fraction of sp³-hybridized carbons (Fsp3) is 0.350. The fourth-order valence-electron chi connectivity index (χ4n) is 2.55. The Labute approximate surface area is 143 Å². The lowest BCUT2D eigenvalue weighted by Gasteiger charge is -2.33. The lowest BCUT2D eigenvalue weighted by atomic mass is 9.94. The molecular weight excluding hydrogens is 303 g/mol. The Balaban J connectivity index is 2.13. The number of urea groups is 1. The predicted octanol–water partition coefficient (Wildman–Crippen LogP) is 4.68. The molecular formula is C20H25FN2O. The number of carbonyl (C=O) groups is 1. The lowest BCUT2D eigenvalue weighted by Crippen LogP contribution is -2.50. The third kappa shape index (κ3) is 4.57. The standard InChI is InChI=1S/C20H25FN2O/c1-15(2)23(14-16-8-6-5-7-9-16)19(24)22-20(3,4)17-10-12-18(21)13-11-17/h5-13,15H,14H2,1-4H3,(H,22,24). The molecule has 4 heteroatoms. The molecule has 1 N–H and O–H groups in total. The molecule has 0 aliphatic heterocycles. The number of hydrogen-bond acceptors (Lipinski definition) is 1. The van der Waals surface area contributed by atoms with Gasteiger partial charge in [0.2, 0.25) is 0 Å². The van der Waals surface area contributed by atoms with Crippen LogP contribution in [-0.4, -0.2) is 17.0 Å². The zero-order valence-corrected chi connectivity index (χ0v) is 14.7. The monoisotopic (exact) mass is 328 g/mol. The first kappa shape index (κ1) is 18.0. The van der Waals surface area contributed by atoms with Crippen LogP contribution in [0.15, 0.2) is 54.6 Å². The first-order valence-electron chi connectivity index (χ1n) is 8.18. The summed E-state index contributed by atoms with van der Waals surface area (Å²) in [5, 5.41) is 3.06. The second-order valence-electron chi connectivity index (χ2n) is 6.77. The van der Waals surface area contributed by atoms with E-state index in [2.05, 4.69) is 5.32 Å². The van der Waals surface area contributed by atoms with E-state index in [1.165, 1.54) is 12.1 Å². The highest BCUT2D eigenvalue weighted by Gasteiger charge is 2.27. The van der Waals surface area contributed by atoms with Crippen molar-refractivity contribution < 1.29 is 9.18 Å². The van der Waals surface area contributed by atoms with Crippen molar-refractivity contribution in [2.45, 2.75) is 45.8 Å². The minimum Gasteiger partial charge on any atom is -0.329 e. The summed E-state index contributed by atoms with van der Waals surface area (Å²) in [6.45, 7) is 8.36. The van der Waals surface area contributed by atoms with E-state index in [9.17, 15) is 9.18 Å². The van der Waals surface area contributed by atoms with Crippen molar-refractivity contribution in [3.8, 4) is 0 Å². The summed E-state index contributed by atoms with van der Waals surface area (Å²) in [5.74, 6) is -0.284. The molecule has 0 unspecified atom stereocenters. The Morgan fingerprint density at radius 1 is 1.08 bits per heavy atom. The molecule has 0 spiro atoms. The number of hydrogen-bond donors (Lipinski definition) is 1. The van der Waals surface area contributed by atoms with Gasteiger partial charge in [-0.3, -0.25) is 0 Å². The molecule has 2 aromatic carbocycles. The third-order valence-electron chi connectivity index (χ3n) is 4.07. The summed E-state index contributed by atoms with van der Waals surface area (Å²) in [5.41, 5.74) is 1.36. The highest BCUT2D eigenvalue weighted by molar-refractivity contribution is 5.75. The normalized spacial score (nSPS) is 11.4. The molecule has 0 aromatic heterocycles. The van der Waals surface area contributed by atoms with Crippen LogP contribution in [0.5, 0.6) is 0 Å². The van der Waals surface area contributed by atoms with Gasteiger partial charge in [-0.1, -0.05) is 42.5 Å². The van der Waals surface area contributed by atoms with Crippen molar-refractivity contribution in [3.05, 3.63) is 71.5 Å². The quantitative estimate of drug-likeness (QED) is 0.849. The summed E-state index contributed by atoms with van der Waals surface area (Å²) < 4.78 is 13.1. The second kappa shape index (κ2) is 7.47. The van der Waals surface area contributed by atoms with E-state index in [-0.39, 0.29) is 17.9 Å². The summed E-state index contributed by atoms with van der Waals surface area (Å²) in [7, 11) is 0. The number of nitrogens with zero attached hydrogens (tertiary/aromatic N) is 1. The average Bonchev–Trinajstić information content (AvgIpc) is 2.53. The third-order valence-corrected chi connectivity index (χ3v) is 4.07. The van der Waals surface area contributed by atoms with Crippen LogP contribution in [0, 0.1) is 5.82 Å². The number of benzene rings is 2. The fourth-order valence-corrected chi connectivity index (χ4v) is 2.55. The Morgan fingerprint density at radius 2 is 1.67 bits per heavy atom. The summed E-state index contributed by atoms with van der Waals surface area (Å²) in [6.07, 6.45) is 0. The Kier molecular flexibility index (Phi) is 5.60. The molecule has 3 nitrogen and oxygen atoms in total.